The third kappa shape index (κ3) is 4.78. The highest BCUT2D eigenvalue weighted by atomic mass is 35.5. The number of hydrogen-bond acceptors (Lipinski definition) is 5. The molecule has 0 spiro atoms. The van der Waals surface area contributed by atoms with E-state index in [1.54, 1.807) is 24.3 Å². The van der Waals surface area contributed by atoms with Crippen LogP contribution in [0.1, 0.15) is 15.9 Å². The number of morpholine rings is 1. The maximum absolute atomic E-state index is 12.4. The smallest absolute Gasteiger partial charge is 0.340 e. The number of amides is 1. The van der Waals surface area contributed by atoms with Crippen molar-refractivity contribution in [1.29, 1.82) is 0 Å². The lowest BCUT2D eigenvalue weighted by molar-refractivity contribution is -0.115. The minimum atomic E-state index is -0.502. The number of halogens is 1. The fraction of sp³-hybridized carbons (Fsp3) is 0.300. The van der Waals surface area contributed by atoms with Crippen LogP contribution >= 0.6 is 11.6 Å². The van der Waals surface area contributed by atoms with Gasteiger partial charge in [0.1, 0.15) is 0 Å². The quantitative estimate of drug-likeness (QED) is 0.797. The predicted octanol–water partition coefficient (Wildman–Crippen LogP) is 3.14. The lowest BCUT2D eigenvalue weighted by Crippen LogP contribution is -2.36. The first-order chi connectivity index (χ1) is 13.1. The van der Waals surface area contributed by atoms with E-state index in [2.05, 4.69) is 10.2 Å². The summed E-state index contributed by atoms with van der Waals surface area (Å²) in [6.07, 6.45) is 0.117. The van der Waals surface area contributed by atoms with Crippen molar-refractivity contribution in [3.63, 3.8) is 0 Å². The molecule has 7 heteroatoms. The van der Waals surface area contributed by atoms with Crippen molar-refractivity contribution in [1.82, 2.24) is 0 Å². The van der Waals surface area contributed by atoms with Crippen LogP contribution in [0, 0.1) is 0 Å². The average Bonchev–Trinajstić information content (AvgIpc) is 2.70. The zero-order chi connectivity index (χ0) is 19.2. The second-order valence-corrected chi connectivity index (χ2v) is 6.54. The highest BCUT2D eigenvalue weighted by molar-refractivity contribution is 6.31. The molecule has 0 bridgehead atoms. The lowest BCUT2D eigenvalue weighted by atomic mass is 10.1. The van der Waals surface area contributed by atoms with Gasteiger partial charge < -0.3 is 19.7 Å². The number of anilines is 2. The summed E-state index contributed by atoms with van der Waals surface area (Å²) in [6, 6.07) is 12.5. The van der Waals surface area contributed by atoms with Crippen LogP contribution in [0.3, 0.4) is 0 Å². The van der Waals surface area contributed by atoms with Crippen molar-refractivity contribution < 1.29 is 19.1 Å². The Morgan fingerprint density at radius 1 is 1.19 bits per heavy atom. The molecule has 142 valence electrons. The Hall–Kier alpha value is -2.57. The maximum atomic E-state index is 12.4. The highest BCUT2D eigenvalue weighted by Gasteiger charge is 2.19. The summed E-state index contributed by atoms with van der Waals surface area (Å²) in [5.74, 6) is -0.759. The van der Waals surface area contributed by atoms with Gasteiger partial charge in [0, 0.05) is 23.8 Å². The van der Waals surface area contributed by atoms with E-state index in [1.165, 1.54) is 7.11 Å². The number of benzene rings is 2. The van der Waals surface area contributed by atoms with Crippen LogP contribution in [0.15, 0.2) is 42.5 Å². The topological polar surface area (TPSA) is 67.9 Å². The van der Waals surface area contributed by atoms with Crippen LogP contribution in [0.2, 0.25) is 5.02 Å². The van der Waals surface area contributed by atoms with E-state index in [4.69, 9.17) is 21.1 Å². The van der Waals surface area contributed by atoms with E-state index in [-0.39, 0.29) is 12.3 Å². The molecule has 1 saturated heterocycles. The van der Waals surface area contributed by atoms with Crippen LogP contribution in [-0.4, -0.2) is 45.3 Å². The van der Waals surface area contributed by atoms with Crippen LogP contribution < -0.4 is 10.2 Å². The zero-order valence-corrected chi connectivity index (χ0v) is 15.8. The Bertz CT molecular complexity index is 834. The van der Waals surface area contributed by atoms with Gasteiger partial charge in [-0.15, -0.1) is 0 Å². The van der Waals surface area contributed by atoms with Crippen molar-refractivity contribution in [2.75, 3.05) is 43.6 Å². The van der Waals surface area contributed by atoms with Crippen molar-refractivity contribution in [3.8, 4) is 0 Å². The molecule has 0 aromatic heterocycles. The molecule has 3 rings (SSSR count). The molecule has 2 aromatic rings. The van der Waals surface area contributed by atoms with Gasteiger partial charge in [-0.1, -0.05) is 29.8 Å². The van der Waals surface area contributed by atoms with Crippen LogP contribution in [0.25, 0.3) is 0 Å². The monoisotopic (exact) mass is 388 g/mol. The summed E-state index contributed by atoms with van der Waals surface area (Å²) in [5.41, 5.74) is 2.34. The van der Waals surface area contributed by atoms with Gasteiger partial charge in [0.05, 0.1) is 38.0 Å². The summed E-state index contributed by atoms with van der Waals surface area (Å²) in [4.78, 5) is 26.8. The zero-order valence-electron chi connectivity index (χ0n) is 15.0. The predicted molar refractivity (Wildman–Crippen MR) is 105 cm³/mol. The number of rotatable bonds is 5. The molecule has 0 radical (unpaired) electrons. The Balaban J connectivity index is 1.80. The molecule has 0 saturated carbocycles. The fourth-order valence-electron chi connectivity index (χ4n) is 2.95. The summed E-state index contributed by atoms with van der Waals surface area (Å²) in [6.45, 7) is 2.78. The number of nitrogens with zero attached hydrogens (tertiary/aromatic N) is 1. The van der Waals surface area contributed by atoms with Crippen LogP contribution in [0.4, 0.5) is 11.4 Å². The molecule has 2 aromatic carbocycles. The summed E-state index contributed by atoms with van der Waals surface area (Å²) >= 11 is 6.11. The molecule has 1 heterocycles. The van der Waals surface area contributed by atoms with Crippen molar-refractivity contribution in [2.45, 2.75) is 6.42 Å². The van der Waals surface area contributed by atoms with E-state index in [0.29, 0.717) is 29.5 Å². The number of hydrogen-bond donors (Lipinski definition) is 1. The minimum absolute atomic E-state index is 0.117. The Morgan fingerprint density at radius 2 is 1.93 bits per heavy atom. The molecule has 1 fully saturated rings. The van der Waals surface area contributed by atoms with Gasteiger partial charge in [0.25, 0.3) is 0 Å². The molecule has 0 unspecified atom stereocenters. The normalized spacial score (nSPS) is 13.9. The second kappa shape index (κ2) is 8.88. The first kappa shape index (κ1) is 19.2. The fourth-order valence-corrected chi connectivity index (χ4v) is 3.15. The van der Waals surface area contributed by atoms with Crippen LogP contribution in [0.5, 0.6) is 0 Å². The lowest BCUT2D eigenvalue weighted by Gasteiger charge is -2.29. The summed E-state index contributed by atoms with van der Waals surface area (Å²) in [5, 5.41) is 3.32. The molecule has 1 aliphatic heterocycles. The van der Waals surface area contributed by atoms with Gasteiger partial charge in [-0.2, -0.15) is 0 Å². The SMILES string of the molecule is COC(=O)c1cc(N2CCOCC2)ccc1NC(=O)Cc1ccccc1Cl. The van der Waals surface area contributed by atoms with Crippen LogP contribution in [-0.2, 0) is 20.7 Å². The number of esters is 1. The molecular formula is C20H21ClN2O4. The Labute approximate surface area is 163 Å². The van der Waals surface area contributed by atoms with Gasteiger partial charge in [-0.3, -0.25) is 4.79 Å². The third-order valence-electron chi connectivity index (χ3n) is 4.37. The van der Waals surface area contributed by atoms with E-state index >= 15 is 0 Å². The highest BCUT2D eigenvalue weighted by Crippen LogP contribution is 2.25. The molecular weight excluding hydrogens is 368 g/mol. The standard InChI is InChI=1S/C20H21ClN2O4/c1-26-20(25)16-13-15(23-8-10-27-11-9-23)6-7-18(16)22-19(24)12-14-4-2-3-5-17(14)21/h2-7,13H,8-12H2,1H3,(H,22,24). The number of carbonyl (C=O) groups excluding carboxylic acids is 2. The maximum Gasteiger partial charge on any atom is 0.340 e. The third-order valence-corrected chi connectivity index (χ3v) is 4.74. The van der Waals surface area contributed by atoms with Crippen molar-refractivity contribution in [2.24, 2.45) is 0 Å². The summed E-state index contributed by atoms with van der Waals surface area (Å²) in [7, 11) is 1.32. The second-order valence-electron chi connectivity index (χ2n) is 6.14. The first-order valence-corrected chi connectivity index (χ1v) is 9.04. The number of ether oxygens (including phenoxy) is 2. The van der Waals surface area contributed by atoms with Gasteiger partial charge in [-0.25, -0.2) is 4.79 Å². The molecule has 6 nitrogen and oxygen atoms in total. The number of nitrogens with one attached hydrogen (secondary N) is 1. The van der Waals surface area contributed by atoms with Crippen molar-refractivity contribution in [3.05, 3.63) is 58.6 Å². The van der Waals surface area contributed by atoms with E-state index < -0.39 is 5.97 Å². The molecule has 1 N–H and O–H groups in total. The van der Waals surface area contributed by atoms with Gasteiger partial charge >= 0.3 is 5.97 Å². The van der Waals surface area contributed by atoms with E-state index in [1.807, 2.05) is 18.2 Å². The van der Waals surface area contributed by atoms with E-state index in [9.17, 15) is 9.59 Å². The Morgan fingerprint density at radius 3 is 2.63 bits per heavy atom. The number of methoxy groups -OCH3 is 1. The summed E-state index contributed by atoms with van der Waals surface area (Å²) < 4.78 is 10.2. The van der Waals surface area contributed by atoms with Gasteiger partial charge in [0.15, 0.2) is 0 Å². The van der Waals surface area contributed by atoms with Gasteiger partial charge in [0.2, 0.25) is 5.91 Å². The molecule has 0 atom stereocenters. The molecule has 1 aliphatic rings. The molecule has 0 aliphatic carbocycles. The average molecular weight is 389 g/mol. The minimum Gasteiger partial charge on any atom is -0.465 e. The molecule has 27 heavy (non-hydrogen) atoms. The van der Waals surface area contributed by atoms with E-state index in [0.717, 1.165) is 24.3 Å². The Kier molecular flexibility index (Phi) is 6.32. The first-order valence-electron chi connectivity index (χ1n) is 8.67. The number of carbonyl (C=O) groups is 2. The molecule has 1 amide bonds. The largest absolute Gasteiger partial charge is 0.465 e. The van der Waals surface area contributed by atoms with Crippen molar-refractivity contribution >= 4 is 34.9 Å². The van der Waals surface area contributed by atoms with Gasteiger partial charge in [-0.05, 0) is 29.8 Å².